The van der Waals surface area contributed by atoms with Gasteiger partial charge in [-0.1, -0.05) is 30.3 Å². The van der Waals surface area contributed by atoms with Gasteiger partial charge in [0, 0.05) is 37.1 Å². The zero-order chi connectivity index (χ0) is 19.6. The molecule has 0 saturated carbocycles. The van der Waals surface area contributed by atoms with Crippen molar-refractivity contribution in [2.45, 2.75) is 20.4 Å². The predicted octanol–water partition coefficient (Wildman–Crippen LogP) is 4.17. The van der Waals surface area contributed by atoms with Crippen LogP contribution in [0.2, 0.25) is 0 Å². The number of methoxy groups -OCH3 is 1. The van der Waals surface area contributed by atoms with Gasteiger partial charge in [-0.15, -0.1) is 0 Å². The molecule has 0 atom stereocenters. The highest BCUT2D eigenvalue weighted by atomic mass is 16.5. The van der Waals surface area contributed by atoms with E-state index in [0.717, 1.165) is 22.0 Å². The predicted molar refractivity (Wildman–Crippen MR) is 108 cm³/mol. The summed E-state index contributed by atoms with van der Waals surface area (Å²) in [5.41, 5.74) is 3.69. The van der Waals surface area contributed by atoms with Crippen LogP contribution in [0.15, 0.2) is 42.5 Å². The Labute approximate surface area is 160 Å². The maximum atomic E-state index is 13.2. The van der Waals surface area contributed by atoms with E-state index in [1.807, 2.05) is 68.9 Å². The molecule has 1 amide bonds. The van der Waals surface area contributed by atoms with E-state index < -0.39 is 0 Å². The second-order valence-electron chi connectivity index (χ2n) is 6.59. The number of carbonyl (C=O) groups is 1. The second-order valence-corrected chi connectivity index (χ2v) is 6.59. The van der Waals surface area contributed by atoms with E-state index in [-0.39, 0.29) is 5.91 Å². The van der Waals surface area contributed by atoms with Crippen LogP contribution in [-0.4, -0.2) is 36.1 Å². The van der Waals surface area contributed by atoms with Crippen LogP contribution in [0.1, 0.15) is 28.5 Å². The molecule has 0 aliphatic carbocycles. The van der Waals surface area contributed by atoms with Crippen molar-refractivity contribution >= 4 is 16.8 Å². The van der Waals surface area contributed by atoms with Gasteiger partial charge in [-0.25, -0.2) is 0 Å². The van der Waals surface area contributed by atoms with Crippen molar-refractivity contribution in [3.63, 3.8) is 0 Å². The normalized spacial score (nSPS) is 10.9. The first-order valence-corrected chi connectivity index (χ1v) is 9.07. The summed E-state index contributed by atoms with van der Waals surface area (Å²) in [5, 5.41) is 1.10. The van der Waals surface area contributed by atoms with Gasteiger partial charge in [0.1, 0.15) is 5.69 Å². The number of aryl methyl sites for hydroxylation is 2. The lowest BCUT2D eigenvalue weighted by molar-refractivity contribution is 0.0774. The Kier molecular flexibility index (Phi) is 5.40. The Morgan fingerprint density at radius 3 is 2.56 bits per heavy atom. The molecule has 0 aliphatic rings. The third-order valence-electron chi connectivity index (χ3n) is 4.89. The first-order valence-electron chi connectivity index (χ1n) is 9.07. The van der Waals surface area contributed by atoms with Crippen molar-refractivity contribution in [2.24, 2.45) is 7.05 Å². The Hall–Kier alpha value is -2.95. The summed E-state index contributed by atoms with van der Waals surface area (Å²) in [6, 6.07) is 13.8. The largest absolute Gasteiger partial charge is 0.493 e. The number of rotatable bonds is 6. The number of amides is 1. The Morgan fingerprint density at radius 2 is 1.89 bits per heavy atom. The monoisotopic (exact) mass is 366 g/mol. The van der Waals surface area contributed by atoms with Crippen LogP contribution >= 0.6 is 0 Å². The third kappa shape index (κ3) is 3.37. The molecule has 0 bridgehead atoms. The number of hydrogen-bond acceptors (Lipinski definition) is 3. The van der Waals surface area contributed by atoms with Crippen molar-refractivity contribution in [3.05, 3.63) is 59.3 Å². The van der Waals surface area contributed by atoms with Crippen LogP contribution in [0.4, 0.5) is 0 Å². The molecule has 0 spiro atoms. The van der Waals surface area contributed by atoms with E-state index in [9.17, 15) is 4.79 Å². The van der Waals surface area contributed by atoms with Gasteiger partial charge in [-0.3, -0.25) is 4.79 Å². The van der Waals surface area contributed by atoms with Crippen molar-refractivity contribution < 1.29 is 14.3 Å². The van der Waals surface area contributed by atoms with Crippen LogP contribution in [-0.2, 0) is 13.6 Å². The molecule has 5 nitrogen and oxygen atoms in total. The number of nitrogens with zero attached hydrogens (tertiary/aromatic N) is 2. The third-order valence-corrected chi connectivity index (χ3v) is 4.89. The Bertz CT molecular complexity index is 936. The molecule has 5 heteroatoms. The highest BCUT2D eigenvalue weighted by molar-refractivity contribution is 6.01. The van der Waals surface area contributed by atoms with E-state index in [4.69, 9.17) is 9.47 Å². The van der Waals surface area contributed by atoms with Crippen LogP contribution in [0.3, 0.4) is 0 Å². The number of benzene rings is 2. The zero-order valence-corrected chi connectivity index (χ0v) is 16.6. The van der Waals surface area contributed by atoms with Crippen LogP contribution in [0.5, 0.6) is 11.5 Å². The molecule has 3 aromatic rings. The summed E-state index contributed by atoms with van der Waals surface area (Å²) >= 11 is 0. The average Bonchev–Trinajstić information content (AvgIpc) is 2.93. The minimum Gasteiger partial charge on any atom is -0.493 e. The molecule has 27 heavy (non-hydrogen) atoms. The lowest BCUT2D eigenvalue weighted by Gasteiger charge is -2.21. The standard InChI is InChI=1S/C22H26N2O3/c1-6-27-21-16(10-9-13-19(21)26-5)14-23(3)22(25)20-15(2)17-11-7-8-12-18(17)24(20)4/h7-13H,6,14H2,1-5H3. The van der Waals surface area contributed by atoms with E-state index in [1.54, 1.807) is 12.0 Å². The molecule has 1 aromatic heterocycles. The molecular weight excluding hydrogens is 340 g/mol. The average molecular weight is 366 g/mol. The summed E-state index contributed by atoms with van der Waals surface area (Å²) in [6.45, 7) is 4.91. The number of ether oxygens (including phenoxy) is 2. The molecule has 0 unspecified atom stereocenters. The fourth-order valence-corrected chi connectivity index (χ4v) is 3.55. The molecule has 0 saturated heterocycles. The van der Waals surface area contributed by atoms with Crippen molar-refractivity contribution in [3.8, 4) is 11.5 Å². The van der Waals surface area contributed by atoms with Crippen molar-refractivity contribution in [1.82, 2.24) is 9.47 Å². The minimum absolute atomic E-state index is 0.0172. The molecule has 0 fully saturated rings. The smallest absolute Gasteiger partial charge is 0.270 e. The first kappa shape index (κ1) is 18.8. The van der Waals surface area contributed by atoms with Gasteiger partial charge in [0.05, 0.1) is 13.7 Å². The van der Waals surface area contributed by atoms with Gasteiger partial charge in [-0.05, 0) is 31.5 Å². The minimum atomic E-state index is -0.0172. The van der Waals surface area contributed by atoms with E-state index in [2.05, 4.69) is 6.07 Å². The van der Waals surface area contributed by atoms with Crippen LogP contribution in [0.25, 0.3) is 10.9 Å². The molecule has 1 heterocycles. The molecular formula is C22H26N2O3. The lowest BCUT2D eigenvalue weighted by atomic mass is 10.1. The SMILES string of the molecule is CCOc1c(CN(C)C(=O)c2c(C)c3ccccc3n2C)cccc1OC. The summed E-state index contributed by atoms with van der Waals surface area (Å²) < 4.78 is 13.2. The number of hydrogen-bond donors (Lipinski definition) is 0. The van der Waals surface area contributed by atoms with Gasteiger partial charge in [0.25, 0.3) is 5.91 Å². The second kappa shape index (κ2) is 7.74. The maximum absolute atomic E-state index is 13.2. The van der Waals surface area contributed by atoms with Crippen molar-refractivity contribution in [1.29, 1.82) is 0 Å². The molecule has 2 aromatic carbocycles. The highest BCUT2D eigenvalue weighted by Crippen LogP contribution is 2.32. The number of carbonyl (C=O) groups excluding carboxylic acids is 1. The van der Waals surface area contributed by atoms with Crippen LogP contribution in [0, 0.1) is 6.92 Å². The maximum Gasteiger partial charge on any atom is 0.270 e. The fourth-order valence-electron chi connectivity index (χ4n) is 3.55. The van der Waals surface area contributed by atoms with Gasteiger partial charge >= 0.3 is 0 Å². The molecule has 0 radical (unpaired) electrons. The molecule has 0 N–H and O–H groups in total. The molecule has 0 aliphatic heterocycles. The Morgan fingerprint density at radius 1 is 1.15 bits per heavy atom. The highest BCUT2D eigenvalue weighted by Gasteiger charge is 2.22. The van der Waals surface area contributed by atoms with Gasteiger partial charge < -0.3 is 18.9 Å². The van der Waals surface area contributed by atoms with Gasteiger partial charge in [0.2, 0.25) is 0 Å². The summed E-state index contributed by atoms with van der Waals surface area (Å²) in [6.07, 6.45) is 0. The summed E-state index contributed by atoms with van der Waals surface area (Å²) in [4.78, 5) is 14.9. The summed E-state index contributed by atoms with van der Waals surface area (Å²) in [5.74, 6) is 1.35. The number of aromatic nitrogens is 1. The quantitative estimate of drug-likeness (QED) is 0.658. The Balaban J connectivity index is 1.94. The molecule has 142 valence electrons. The van der Waals surface area contributed by atoms with Crippen LogP contribution < -0.4 is 9.47 Å². The fraction of sp³-hybridized carbons (Fsp3) is 0.318. The van der Waals surface area contributed by atoms with Gasteiger partial charge in [-0.2, -0.15) is 0 Å². The topological polar surface area (TPSA) is 43.7 Å². The number of para-hydroxylation sites is 2. The van der Waals surface area contributed by atoms with E-state index in [1.165, 1.54) is 0 Å². The zero-order valence-electron chi connectivity index (χ0n) is 16.6. The number of fused-ring (bicyclic) bond motifs is 1. The molecule has 3 rings (SSSR count). The van der Waals surface area contributed by atoms with Crippen molar-refractivity contribution in [2.75, 3.05) is 20.8 Å². The van der Waals surface area contributed by atoms with E-state index >= 15 is 0 Å². The van der Waals surface area contributed by atoms with E-state index in [0.29, 0.717) is 30.3 Å². The first-order chi connectivity index (χ1) is 13.0. The lowest BCUT2D eigenvalue weighted by Crippen LogP contribution is -2.28. The summed E-state index contributed by atoms with van der Waals surface area (Å²) in [7, 11) is 5.37. The van der Waals surface area contributed by atoms with Gasteiger partial charge in [0.15, 0.2) is 11.5 Å².